The van der Waals surface area contributed by atoms with Gasteiger partial charge in [0.25, 0.3) is 0 Å². The number of ether oxygens (including phenoxy) is 1. The molecule has 0 radical (unpaired) electrons. The zero-order valence-electron chi connectivity index (χ0n) is 16.6. The normalized spacial score (nSPS) is 11.9. The Morgan fingerprint density at radius 2 is 2.07 bits per heavy atom. The highest BCUT2D eigenvalue weighted by molar-refractivity contribution is 8.00. The molecule has 156 valence electrons. The van der Waals surface area contributed by atoms with E-state index >= 15 is 0 Å². The van der Waals surface area contributed by atoms with Crippen molar-refractivity contribution in [2.45, 2.75) is 30.0 Å². The van der Waals surface area contributed by atoms with Gasteiger partial charge in [0.05, 0.1) is 36.0 Å². The molecule has 30 heavy (non-hydrogen) atoms. The quantitative estimate of drug-likeness (QED) is 0.367. The van der Waals surface area contributed by atoms with E-state index in [4.69, 9.17) is 10.5 Å². The van der Waals surface area contributed by atoms with Gasteiger partial charge in [-0.05, 0) is 26.0 Å². The van der Waals surface area contributed by atoms with E-state index in [1.54, 1.807) is 41.7 Å². The van der Waals surface area contributed by atoms with E-state index in [1.165, 1.54) is 6.20 Å². The molecule has 0 amide bonds. The van der Waals surface area contributed by atoms with Crippen LogP contribution >= 0.6 is 11.8 Å². The number of fused-ring (bicyclic) bond motifs is 1. The van der Waals surface area contributed by atoms with Gasteiger partial charge in [-0.3, -0.25) is 9.08 Å². The molecule has 10 heteroatoms. The van der Waals surface area contributed by atoms with Crippen molar-refractivity contribution in [1.82, 2.24) is 24.1 Å². The molecule has 2 N–H and O–H groups in total. The maximum Gasteiger partial charge on any atom is 0.224 e. The fraction of sp³-hybridized carbons (Fsp3) is 0.250. The third kappa shape index (κ3) is 3.82. The molecule has 0 spiro atoms. The molecule has 7 nitrogen and oxygen atoms in total. The smallest absolute Gasteiger partial charge is 0.224 e. The van der Waals surface area contributed by atoms with E-state index in [2.05, 4.69) is 28.9 Å². The Labute approximate surface area is 175 Å². The Bertz CT molecular complexity index is 1210. The first-order chi connectivity index (χ1) is 14.3. The molecule has 0 fully saturated rings. The fourth-order valence-corrected chi connectivity index (χ4v) is 4.39. The van der Waals surface area contributed by atoms with Crippen LogP contribution < -0.4 is 10.5 Å². The number of anilines is 1. The van der Waals surface area contributed by atoms with Crippen molar-refractivity contribution in [3.8, 4) is 17.0 Å². The molecule has 0 aliphatic rings. The second-order valence-electron chi connectivity index (χ2n) is 7.34. The van der Waals surface area contributed by atoms with Gasteiger partial charge in [0.15, 0.2) is 11.6 Å². The summed E-state index contributed by atoms with van der Waals surface area (Å²) in [5.41, 5.74) is 6.24. The molecule has 0 unspecified atom stereocenters. The van der Waals surface area contributed by atoms with Crippen LogP contribution in [0.2, 0.25) is 0 Å². The summed E-state index contributed by atoms with van der Waals surface area (Å²) in [6, 6.07) is 4.66. The van der Waals surface area contributed by atoms with Crippen LogP contribution in [-0.4, -0.2) is 36.0 Å². The minimum atomic E-state index is -0.861. The molecule has 0 saturated carbocycles. The largest absolute Gasteiger partial charge is 0.495 e. The van der Waals surface area contributed by atoms with Crippen LogP contribution in [0.3, 0.4) is 0 Å². The maximum atomic E-state index is 14.4. The minimum Gasteiger partial charge on any atom is -0.495 e. The molecular weight excluding hydrogens is 410 g/mol. The number of nitrogen functional groups attached to an aromatic ring is 1. The number of pyridine rings is 2. The Hall–Kier alpha value is -3.14. The summed E-state index contributed by atoms with van der Waals surface area (Å²) < 4.78 is 37.2. The summed E-state index contributed by atoms with van der Waals surface area (Å²) in [7, 11) is 1.58. The molecule has 0 aromatic carbocycles. The SMILES string of the molecule is COc1cc2ncc(-c3cc(F)c(N)nc3F)n2cc1SC(C)(C)Cn1cccn1. The van der Waals surface area contributed by atoms with E-state index in [9.17, 15) is 8.78 Å². The van der Waals surface area contributed by atoms with Crippen LogP contribution in [0.25, 0.3) is 16.9 Å². The lowest BCUT2D eigenvalue weighted by Crippen LogP contribution is -2.23. The molecular formula is C20H20F2N6OS. The highest BCUT2D eigenvalue weighted by Gasteiger charge is 2.24. The number of hydrogen-bond donors (Lipinski definition) is 1. The molecule has 0 aliphatic heterocycles. The lowest BCUT2D eigenvalue weighted by molar-refractivity contribution is 0.403. The van der Waals surface area contributed by atoms with Crippen molar-refractivity contribution in [1.29, 1.82) is 0 Å². The number of thioether (sulfide) groups is 1. The Morgan fingerprint density at radius 3 is 2.77 bits per heavy atom. The van der Waals surface area contributed by atoms with E-state index in [0.29, 0.717) is 23.6 Å². The first-order valence-electron chi connectivity index (χ1n) is 9.11. The average molecular weight is 430 g/mol. The number of aromatic nitrogens is 5. The minimum absolute atomic E-state index is 0.0221. The Kier molecular flexibility index (Phi) is 5.10. The second-order valence-corrected chi connectivity index (χ2v) is 9.09. The number of imidazole rings is 1. The average Bonchev–Trinajstić information content (AvgIpc) is 3.33. The molecule has 4 rings (SSSR count). The first kappa shape index (κ1) is 20.1. The van der Waals surface area contributed by atoms with Crippen molar-refractivity contribution in [2.75, 3.05) is 12.8 Å². The Morgan fingerprint density at radius 1 is 1.27 bits per heavy atom. The molecule has 0 aliphatic carbocycles. The Balaban J connectivity index is 1.77. The van der Waals surface area contributed by atoms with E-state index in [-0.39, 0.29) is 10.3 Å². The number of nitrogens with zero attached hydrogens (tertiary/aromatic N) is 5. The third-order valence-electron chi connectivity index (χ3n) is 4.52. The van der Waals surface area contributed by atoms with Crippen molar-refractivity contribution >= 4 is 23.2 Å². The highest BCUT2D eigenvalue weighted by Crippen LogP contribution is 2.40. The van der Waals surface area contributed by atoms with Crippen molar-refractivity contribution < 1.29 is 13.5 Å². The molecule has 4 heterocycles. The zero-order chi connectivity index (χ0) is 21.5. The number of halogens is 2. The van der Waals surface area contributed by atoms with Crippen LogP contribution in [0.1, 0.15) is 13.8 Å². The van der Waals surface area contributed by atoms with Gasteiger partial charge in [0, 0.05) is 29.4 Å². The van der Waals surface area contributed by atoms with Gasteiger partial charge in [-0.1, -0.05) is 0 Å². The summed E-state index contributed by atoms with van der Waals surface area (Å²) in [5.74, 6) is -1.49. The third-order valence-corrected chi connectivity index (χ3v) is 5.72. The van der Waals surface area contributed by atoms with Gasteiger partial charge in [0.2, 0.25) is 5.95 Å². The van der Waals surface area contributed by atoms with Gasteiger partial charge >= 0.3 is 0 Å². The molecule has 0 atom stereocenters. The predicted octanol–water partition coefficient (Wildman–Crippen LogP) is 4.03. The van der Waals surface area contributed by atoms with Crippen LogP contribution in [0.4, 0.5) is 14.6 Å². The fourth-order valence-electron chi connectivity index (χ4n) is 3.20. The van der Waals surface area contributed by atoms with Crippen molar-refractivity contribution in [3.63, 3.8) is 0 Å². The zero-order valence-corrected chi connectivity index (χ0v) is 17.5. The maximum absolute atomic E-state index is 14.4. The van der Waals surface area contributed by atoms with Crippen LogP contribution in [-0.2, 0) is 6.54 Å². The molecule has 0 saturated heterocycles. The number of rotatable bonds is 6. The molecule has 4 aromatic rings. The summed E-state index contributed by atoms with van der Waals surface area (Å²) in [6.07, 6.45) is 6.91. The first-order valence-corrected chi connectivity index (χ1v) is 9.92. The van der Waals surface area contributed by atoms with Crippen molar-refractivity contribution in [3.05, 3.63) is 54.8 Å². The molecule has 4 aromatic heterocycles. The summed E-state index contributed by atoms with van der Waals surface area (Å²) in [5, 5.41) is 4.27. The van der Waals surface area contributed by atoms with Crippen molar-refractivity contribution in [2.24, 2.45) is 0 Å². The monoisotopic (exact) mass is 430 g/mol. The number of hydrogen-bond acceptors (Lipinski definition) is 6. The second kappa shape index (κ2) is 7.60. The predicted molar refractivity (Wildman–Crippen MR) is 111 cm³/mol. The van der Waals surface area contributed by atoms with E-state index in [1.807, 2.05) is 16.9 Å². The summed E-state index contributed by atoms with van der Waals surface area (Å²) in [4.78, 5) is 8.58. The lowest BCUT2D eigenvalue weighted by Gasteiger charge is -2.25. The van der Waals surface area contributed by atoms with Gasteiger partial charge in [-0.2, -0.15) is 14.5 Å². The molecule has 0 bridgehead atoms. The van der Waals surface area contributed by atoms with Gasteiger partial charge in [-0.25, -0.2) is 9.37 Å². The van der Waals surface area contributed by atoms with E-state index in [0.717, 1.165) is 11.0 Å². The highest BCUT2D eigenvalue weighted by atomic mass is 32.2. The summed E-state index contributed by atoms with van der Waals surface area (Å²) >= 11 is 1.59. The standard InChI is InChI=1S/C20H20F2N6OS/c1-20(2,11-27-6-4-5-25-27)30-16-10-28-14(9-24-17(28)8-15(16)29-3)12-7-13(21)19(23)26-18(12)22/h4-10H,11H2,1-3H3,(H2,23,26). The van der Waals surface area contributed by atoms with Gasteiger partial charge < -0.3 is 10.5 Å². The number of nitrogens with two attached hydrogens (primary N) is 1. The topological polar surface area (TPSA) is 83.3 Å². The van der Waals surface area contributed by atoms with Gasteiger partial charge in [-0.15, -0.1) is 11.8 Å². The number of methoxy groups -OCH3 is 1. The van der Waals surface area contributed by atoms with Gasteiger partial charge in [0.1, 0.15) is 11.4 Å². The van der Waals surface area contributed by atoms with E-state index < -0.39 is 17.6 Å². The summed E-state index contributed by atoms with van der Waals surface area (Å²) in [6.45, 7) is 4.86. The van der Waals surface area contributed by atoms with Crippen LogP contribution in [0.5, 0.6) is 5.75 Å². The van der Waals surface area contributed by atoms with Crippen LogP contribution in [0, 0.1) is 11.8 Å². The lowest BCUT2D eigenvalue weighted by atomic mass is 10.2. The van der Waals surface area contributed by atoms with Crippen LogP contribution in [0.15, 0.2) is 47.9 Å².